The van der Waals surface area contributed by atoms with Crippen molar-refractivity contribution in [2.24, 2.45) is 0 Å². The number of rotatable bonds is 6. The Morgan fingerprint density at radius 3 is 2.44 bits per heavy atom. The maximum Gasteiger partial charge on any atom is 0.240 e. The highest BCUT2D eigenvalue weighted by molar-refractivity contribution is 7.89. The van der Waals surface area contributed by atoms with Crippen molar-refractivity contribution < 1.29 is 17.9 Å². The number of hydrogen-bond acceptors (Lipinski definition) is 3. The van der Waals surface area contributed by atoms with Gasteiger partial charge in [-0.15, -0.1) is 0 Å². The van der Waals surface area contributed by atoms with Gasteiger partial charge in [0.25, 0.3) is 0 Å². The van der Waals surface area contributed by atoms with E-state index in [4.69, 9.17) is 5.11 Å². The van der Waals surface area contributed by atoms with Crippen molar-refractivity contribution in [1.82, 2.24) is 4.72 Å². The number of aliphatic hydroxyl groups is 1. The van der Waals surface area contributed by atoms with Crippen molar-refractivity contribution in [3.8, 4) is 0 Å². The Hall–Kier alpha value is -0.980. The lowest BCUT2D eigenvalue weighted by molar-refractivity contribution is 0.275. The summed E-state index contributed by atoms with van der Waals surface area (Å²) in [5.74, 6) is -0.612. The molecule has 0 radical (unpaired) electrons. The average Bonchev–Trinajstić information content (AvgIpc) is 2.36. The molecule has 0 aliphatic carbocycles. The fourth-order valence-electron chi connectivity index (χ4n) is 1.58. The van der Waals surface area contributed by atoms with E-state index in [2.05, 4.69) is 4.72 Å². The van der Waals surface area contributed by atoms with E-state index in [1.54, 1.807) is 0 Å². The number of halogens is 1. The van der Waals surface area contributed by atoms with Crippen molar-refractivity contribution in [1.29, 1.82) is 0 Å². The van der Waals surface area contributed by atoms with E-state index in [0.717, 1.165) is 12.1 Å². The summed E-state index contributed by atoms with van der Waals surface area (Å²) in [7, 11) is -3.66. The van der Waals surface area contributed by atoms with Gasteiger partial charge < -0.3 is 5.11 Å². The maximum atomic E-state index is 13.2. The third-order valence-electron chi connectivity index (χ3n) is 2.81. The molecular weight excluding hydrogens is 257 g/mol. The number of hydrogen-bond donors (Lipinski definition) is 2. The van der Waals surface area contributed by atoms with E-state index in [-0.39, 0.29) is 16.5 Å². The fraction of sp³-hybridized carbons (Fsp3) is 0.500. The second-order valence-electron chi connectivity index (χ2n) is 4.05. The standard InChI is InChI=1S/C12H18FNO3S/c1-3-10(4-2)14-18(16,17)11-5-6-12(13)9(7-11)8-15/h5-7,10,14-15H,3-4,8H2,1-2H3. The first-order chi connectivity index (χ1) is 8.44. The molecule has 1 aromatic rings. The second-order valence-corrected chi connectivity index (χ2v) is 5.76. The predicted molar refractivity (Wildman–Crippen MR) is 67.0 cm³/mol. The van der Waals surface area contributed by atoms with Crippen molar-refractivity contribution in [2.75, 3.05) is 0 Å². The van der Waals surface area contributed by atoms with Crippen molar-refractivity contribution in [2.45, 2.75) is 44.2 Å². The first-order valence-corrected chi connectivity index (χ1v) is 7.34. The Morgan fingerprint density at radius 2 is 1.94 bits per heavy atom. The van der Waals surface area contributed by atoms with Crippen LogP contribution in [0.25, 0.3) is 0 Å². The molecule has 0 aliphatic rings. The highest BCUT2D eigenvalue weighted by atomic mass is 32.2. The molecule has 0 aromatic heterocycles. The lowest BCUT2D eigenvalue weighted by Gasteiger charge is -2.15. The summed E-state index contributed by atoms with van der Waals surface area (Å²) in [6, 6.07) is 3.25. The Kier molecular flexibility index (Phi) is 5.25. The summed E-state index contributed by atoms with van der Waals surface area (Å²) in [6.07, 6.45) is 1.37. The summed E-state index contributed by atoms with van der Waals surface area (Å²) in [5.41, 5.74) is -0.0255. The van der Waals surface area contributed by atoms with Crippen LogP contribution in [0, 0.1) is 5.82 Å². The number of nitrogens with one attached hydrogen (secondary N) is 1. The number of aliphatic hydroxyl groups excluding tert-OH is 1. The lowest BCUT2D eigenvalue weighted by atomic mass is 10.2. The van der Waals surface area contributed by atoms with Crippen LogP contribution >= 0.6 is 0 Å². The van der Waals surface area contributed by atoms with Crippen LogP contribution in [0.3, 0.4) is 0 Å². The molecule has 0 heterocycles. The molecule has 0 atom stereocenters. The van der Waals surface area contributed by atoms with Gasteiger partial charge in [-0.25, -0.2) is 17.5 Å². The zero-order valence-electron chi connectivity index (χ0n) is 10.5. The van der Waals surface area contributed by atoms with Crippen LogP contribution in [0.2, 0.25) is 0 Å². The Balaban J connectivity index is 3.05. The molecule has 4 nitrogen and oxygen atoms in total. The minimum atomic E-state index is -3.66. The van der Waals surface area contributed by atoms with Crippen LogP contribution in [0.5, 0.6) is 0 Å². The number of benzene rings is 1. The molecule has 0 unspecified atom stereocenters. The van der Waals surface area contributed by atoms with Gasteiger partial charge in [-0.1, -0.05) is 13.8 Å². The SMILES string of the molecule is CCC(CC)NS(=O)(=O)c1ccc(F)c(CO)c1. The van der Waals surface area contributed by atoms with Gasteiger partial charge in [0.2, 0.25) is 10.0 Å². The third-order valence-corrected chi connectivity index (χ3v) is 4.32. The molecule has 0 spiro atoms. The van der Waals surface area contributed by atoms with Crippen LogP contribution in [-0.4, -0.2) is 19.6 Å². The molecule has 0 saturated heterocycles. The molecular formula is C12H18FNO3S. The molecule has 0 bridgehead atoms. The van der Waals surface area contributed by atoms with E-state index in [1.807, 2.05) is 13.8 Å². The van der Waals surface area contributed by atoms with E-state index in [9.17, 15) is 12.8 Å². The first-order valence-electron chi connectivity index (χ1n) is 5.86. The molecule has 1 aromatic carbocycles. The van der Waals surface area contributed by atoms with Crippen LogP contribution in [0.4, 0.5) is 4.39 Å². The van der Waals surface area contributed by atoms with Crippen LogP contribution in [0.1, 0.15) is 32.3 Å². The normalized spacial score (nSPS) is 12.1. The van der Waals surface area contributed by atoms with Gasteiger partial charge in [-0.05, 0) is 31.0 Å². The summed E-state index contributed by atoms with van der Waals surface area (Å²) < 4.78 is 39.8. The minimum Gasteiger partial charge on any atom is -0.392 e. The van der Waals surface area contributed by atoms with Gasteiger partial charge in [-0.3, -0.25) is 0 Å². The van der Waals surface area contributed by atoms with Gasteiger partial charge in [0, 0.05) is 11.6 Å². The molecule has 102 valence electrons. The first kappa shape index (κ1) is 15.1. The predicted octanol–water partition coefficient (Wildman–Crippen LogP) is 1.78. The van der Waals surface area contributed by atoms with Gasteiger partial charge in [0.1, 0.15) is 5.82 Å². The molecule has 0 fully saturated rings. The van der Waals surface area contributed by atoms with Gasteiger partial charge in [0.15, 0.2) is 0 Å². The van der Waals surface area contributed by atoms with Gasteiger partial charge in [-0.2, -0.15) is 0 Å². The second kappa shape index (κ2) is 6.26. The summed E-state index contributed by atoms with van der Waals surface area (Å²) >= 11 is 0. The van der Waals surface area contributed by atoms with Crippen molar-refractivity contribution >= 4 is 10.0 Å². The summed E-state index contributed by atoms with van der Waals surface area (Å²) in [5, 5.41) is 8.93. The molecule has 2 N–H and O–H groups in total. The molecule has 0 aliphatic heterocycles. The van der Waals surface area contributed by atoms with E-state index in [1.165, 1.54) is 6.07 Å². The zero-order valence-corrected chi connectivity index (χ0v) is 11.3. The molecule has 0 saturated carbocycles. The zero-order chi connectivity index (χ0) is 13.8. The highest BCUT2D eigenvalue weighted by Crippen LogP contribution is 2.16. The lowest BCUT2D eigenvalue weighted by Crippen LogP contribution is -2.33. The van der Waals surface area contributed by atoms with E-state index < -0.39 is 22.4 Å². The fourth-order valence-corrected chi connectivity index (χ4v) is 3.04. The van der Waals surface area contributed by atoms with E-state index in [0.29, 0.717) is 12.8 Å². The molecule has 1 rings (SSSR count). The van der Waals surface area contributed by atoms with Crippen LogP contribution < -0.4 is 4.72 Å². The Labute approximate surface area is 107 Å². The molecule has 0 amide bonds. The minimum absolute atomic E-state index is 0.0255. The quantitative estimate of drug-likeness (QED) is 0.831. The van der Waals surface area contributed by atoms with Gasteiger partial charge >= 0.3 is 0 Å². The van der Waals surface area contributed by atoms with Gasteiger partial charge in [0.05, 0.1) is 11.5 Å². The highest BCUT2D eigenvalue weighted by Gasteiger charge is 2.19. The Morgan fingerprint density at radius 1 is 1.33 bits per heavy atom. The average molecular weight is 275 g/mol. The third kappa shape index (κ3) is 3.51. The summed E-state index contributed by atoms with van der Waals surface area (Å²) in [4.78, 5) is -0.0279. The van der Waals surface area contributed by atoms with Crippen molar-refractivity contribution in [3.05, 3.63) is 29.6 Å². The van der Waals surface area contributed by atoms with Crippen molar-refractivity contribution in [3.63, 3.8) is 0 Å². The van der Waals surface area contributed by atoms with E-state index >= 15 is 0 Å². The largest absolute Gasteiger partial charge is 0.392 e. The monoisotopic (exact) mass is 275 g/mol. The number of sulfonamides is 1. The summed E-state index contributed by atoms with van der Waals surface area (Å²) in [6.45, 7) is 3.25. The van der Waals surface area contributed by atoms with Crippen LogP contribution in [0.15, 0.2) is 23.1 Å². The molecule has 6 heteroatoms. The molecule has 18 heavy (non-hydrogen) atoms. The topological polar surface area (TPSA) is 66.4 Å². The smallest absolute Gasteiger partial charge is 0.240 e. The van der Waals surface area contributed by atoms with Crippen LogP contribution in [-0.2, 0) is 16.6 Å². The Bertz CT molecular complexity index is 498. The maximum absolute atomic E-state index is 13.2.